The van der Waals surface area contributed by atoms with E-state index >= 15 is 0 Å². The molecular weight excluding hydrogens is 335 g/mol. The van der Waals surface area contributed by atoms with Gasteiger partial charge in [-0.15, -0.1) is 0 Å². The van der Waals surface area contributed by atoms with Crippen LogP contribution in [0.25, 0.3) is 0 Å². The molecule has 1 fully saturated rings. The zero-order valence-corrected chi connectivity index (χ0v) is 14.9. The van der Waals surface area contributed by atoms with Crippen molar-refractivity contribution < 1.29 is 14.3 Å². The lowest BCUT2D eigenvalue weighted by Crippen LogP contribution is -2.54. The van der Waals surface area contributed by atoms with Crippen molar-refractivity contribution in [3.8, 4) is 0 Å². The average molecular weight is 358 g/mol. The number of aromatic nitrogens is 2. The molecule has 2 heterocycles. The predicted molar refractivity (Wildman–Crippen MR) is 96.5 cm³/mol. The lowest BCUT2D eigenvalue weighted by Gasteiger charge is -2.39. The van der Waals surface area contributed by atoms with Gasteiger partial charge in [-0.25, -0.2) is 14.4 Å². The predicted octanol–water partition coefficient (Wildman–Crippen LogP) is 2.55. The Bertz CT molecular complexity index is 771. The number of nitrogens with zero attached hydrogens (tertiary/aromatic N) is 3. The van der Waals surface area contributed by atoms with Crippen LogP contribution in [0.15, 0.2) is 36.7 Å². The largest absolute Gasteiger partial charge is 0.481 e. The molecule has 1 aromatic carbocycles. The second-order valence-corrected chi connectivity index (χ2v) is 6.68. The molecule has 3 unspecified atom stereocenters. The first kappa shape index (κ1) is 18.3. The molecule has 6 nitrogen and oxygen atoms in total. The van der Waals surface area contributed by atoms with Gasteiger partial charge in [0.1, 0.15) is 6.33 Å². The summed E-state index contributed by atoms with van der Waals surface area (Å²) in [5.74, 6) is -1.57. The SMILES string of the molecule is Cc1ncnc(N2CCC(C(=O)O)C(NC(C)c3ccccc3)C2)c1F. The molecule has 3 atom stereocenters. The summed E-state index contributed by atoms with van der Waals surface area (Å²) >= 11 is 0. The van der Waals surface area contributed by atoms with E-state index in [4.69, 9.17) is 0 Å². The van der Waals surface area contributed by atoms with E-state index in [9.17, 15) is 14.3 Å². The molecule has 1 aromatic heterocycles. The number of aliphatic carboxylic acids is 1. The first-order chi connectivity index (χ1) is 12.5. The van der Waals surface area contributed by atoms with Crippen molar-refractivity contribution in [1.82, 2.24) is 15.3 Å². The minimum Gasteiger partial charge on any atom is -0.481 e. The second kappa shape index (κ2) is 7.78. The molecule has 3 rings (SSSR count). The van der Waals surface area contributed by atoms with Gasteiger partial charge in [-0.2, -0.15) is 0 Å². The maximum absolute atomic E-state index is 14.4. The Hall–Kier alpha value is -2.54. The van der Waals surface area contributed by atoms with Crippen LogP contribution < -0.4 is 10.2 Å². The summed E-state index contributed by atoms with van der Waals surface area (Å²) in [5, 5.41) is 13.0. The molecule has 0 bridgehead atoms. The Morgan fingerprint density at radius 1 is 1.35 bits per heavy atom. The molecule has 1 aliphatic heterocycles. The van der Waals surface area contributed by atoms with E-state index < -0.39 is 17.7 Å². The van der Waals surface area contributed by atoms with Gasteiger partial charge in [0.15, 0.2) is 11.6 Å². The zero-order valence-electron chi connectivity index (χ0n) is 14.9. The third-order valence-electron chi connectivity index (χ3n) is 4.94. The van der Waals surface area contributed by atoms with Crippen molar-refractivity contribution in [2.24, 2.45) is 5.92 Å². The highest BCUT2D eigenvalue weighted by atomic mass is 19.1. The first-order valence-electron chi connectivity index (χ1n) is 8.73. The number of halogens is 1. The normalized spacial score (nSPS) is 21.4. The van der Waals surface area contributed by atoms with Crippen molar-refractivity contribution in [2.45, 2.75) is 32.4 Å². The lowest BCUT2D eigenvalue weighted by molar-refractivity contribution is -0.143. The minimum absolute atomic E-state index is 0.0139. The van der Waals surface area contributed by atoms with E-state index in [2.05, 4.69) is 15.3 Å². The van der Waals surface area contributed by atoms with Crippen molar-refractivity contribution >= 4 is 11.8 Å². The highest BCUT2D eigenvalue weighted by molar-refractivity contribution is 5.71. The molecule has 2 aromatic rings. The summed E-state index contributed by atoms with van der Waals surface area (Å²) in [7, 11) is 0. The number of rotatable bonds is 5. The van der Waals surface area contributed by atoms with Gasteiger partial charge < -0.3 is 15.3 Å². The van der Waals surface area contributed by atoms with Crippen molar-refractivity contribution in [2.75, 3.05) is 18.0 Å². The van der Waals surface area contributed by atoms with Crippen LogP contribution in [0.3, 0.4) is 0 Å². The number of anilines is 1. The molecule has 7 heteroatoms. The Kier molecular flexibility index (Phi) is 5.46. The summed E-state index contributed by atoms with van der Waals surface area (Å²) < 4.78 is 14.4. The molecule has 1 aliphatic rings. The van der Waals surface area contributed by atoms with E-state index in [0.29, 0.717) is 19.5 Å². The third kappa shape index (κ3) is 3.83. The number of hydrogen-bond donors (Lipinski definition) is 2. The van der Waals surface area contributed by atoms with Gasteiger partial charge in [0.05, 0.1) is 11.6 Å². The maximum atomic E-state index is 14.4. The summed E-state index contributed by atoms with van der Waals surface area (Å²) in [6.07, 6.45) is 1.77. The van der Waals surface area contributed by atoms with Gasteiger partial charge in [-0.1, -0.05) is 30.3 Å². The standard InChI is InChI=1S/C19H23FN4O2/c1-12(14-6-4-3-5-7-14)23-16-10-24(9-8-15(16)19(25)26)18-17(20)13(2)21-11-22-18/h3-7,11-12,15-16,23H,8-10H2,1-2H3,(H,25,26). The fourth-order valence-corrected chi connectivity index (χ4v) is 3.43. The van der Waals surface area contributed by atoms with Crippen LogP contribution in [0.1, 0.15) is 30.6 Å². The molecule has 2 N–H and O–H groups in total. The summed E-state index contributed by atoms with van der Waals surface area (Å²) in [4.78, 5) is 21.4. The molecule has 0 amide bonds. The number of hydrogen-bond acceptors (Lipinski definition) is 5. The van der Waals surface area contributed by atoms with Crippen LogP contribution in [0, 0.1) is 18.7 Å². The van der Waals surface area contributed by atoms with E-state index in [1.54, 1.807) is 11.8 Å². The quantitative estimate of drug-likeness (QED) is 0.855. The summed E-state index contributed by atoms with van der Waals surface area (Å²) in [5.41, 5.74) is 1.37. The first-order valence-corrected chi connectivity index (χ1v) is 8.73. The molecule has 26 heavy (non-hydrogen) atoms. The van der Waals surface area contributed by atoms with Gasteiger partial charge in [0, 0.05) is 25.2 Å². The van der Waals surface area contributed by atoms with Crippen LogP contribution in [0.2, 0.25) is 0 Å². The molecular formula is C19H23FN4O2. The van der Waals surface area contributed by atoms with E-state index in [-0.39, 0.29) is 23.6 Å². The molecule has 0 spiro atoms. The number of benzene rings is 1. The van der Waals surface area contributed by atoms with Crippen LogP contribution in [-0.2, 0) is 4.79 Å². The van der Waals surface area contributed by atoms with Crippen molar-refractivity contribution in [3.05, 3.63) is 53.7 Å². The van der Waals surface area contributed by atoms with E-state index in [1.807, 2.05) is 37.3 Å². The molecule has 0 radical (unpaired) electrons. The van der Waals surface area contributed by atoms with Gasteiger partial charge in [0.2, 0.25) is 0 Å². The van der Waals surface area contributed by atoms with Gasteiger partial charge in [0.25, 0.3) is 0 Å². The second-order valence-electron chi connectivity index (χ2n) is 6.68. The molecule has 138 valence electrons. The Morgan fingerprint density at radius 3 is 2.77 bits per heavy atom. The van der Waals surface area contributed by atoms with Gasteiger partial charge in [-0.3, -0.25) is 4.79 Å². The lowest BCUT2D eigenvalue weighted by atomic mass is 9.90. The molecule has 0 saturated carbocycles. The van der Waals surface area contributed by atoms with Crippen LogP contribution in [-0.4, -0.2) is 40.2 Å². The van der Waals surface area contributed by atoms with Crippen LogP contribution >= 0.6 is 0 Å². The Balaban J connectivity index is 1.80. The van der Waals surface area contributed by atoms with E-state index in [1.165, 1.54) is 6.33 Å². The van der Waals surface area contributed by atoms with Crippen LogP contribution in [0.5, 0.6) is 0 Å². The maximum Gasteiger partial charge on any atom is 0.308 e. The van der Waals surface area contributed by atoms with E-state index in [0.717, 1.165) is 5.56 Å². The Morgan fingerprint density at radius 2 is 2.08 bits per heavy atom. The molecule has 1 saturated heterocycles. The average Bonchev–Trinajstić information content (AvgIpc) is 2.64. The number of carboxylic acids is 1. The van der Waals surface area contributed by atoms with Crippen molar-refractivity contribution in [3.63, 3.8) is 0 Å². The van der Waals surface area contributed by atoms with Crippen LogP contribution in [0.4, 0.5) is 10.2 Å². The monoisotopic (exact) mass is 358 g/mol. The highest BCUT2D eigenvalue weighted by Gasteiger charge is 2.36. The summed E-state index contributed by atoms with van der Waals surface area (Å²) in [6.45, 7) is 4.42. The fourth-order valence-electron chi connectivity index (χ4n) is 3.43. The minimum atomic E-state index is -0.832. The Labute approximate surface area is 152 Å². The smallest absolute Gasteiger partial charge is 0.308 e. The topological polar surface area (TPSA) is 78.4 Å². The van der Waals surface area contributed by atoms with Crippen molar-refractivity contribution in [1.29, 1.82) is 0 Å². The van der Waals surface area contributed by atoms with Gasteiger partial charge in [-0.05, 0) is 25.8 Å². The number of aryl methyl sites for hydroxylation is 1. The number of carbonyl (C=O) groups is 1. The zero-order chi connectivity index (χ0) is 18.7. The fraction of sp³-hybridized carbons (Fsp3) is 0.421. The number of piperidine rings is 1. The van der Waals surface area contributed by atoms with Gasteiger partial charge >= 0.3 is 5.97 Å². The molecule has 0 aliphatic carbocycles. The number of carboxylic acid groups (broad SMARTS) is 1. The summed E-state index contributed by atoms with van der Waals surface area (Å²) in [6, 6.07) is 9.52. The highest BCUT2D eigenvalue weighted by Crippen LogP contribution is 2.26. The number of nitrogens with one attached hydrogen (secondary N) is 1. The third-order valence-corrected chi connectivity index (χ3v) is 4.94.